The lowest BCUT2D eigenvalue weighted by Crippen LogP contribution is -2.10. The second-order valence-electron chi connectivity index (χ2n) is 6.18. The average molecular weight is 476 g/mol. The van der Waals surface area contributed by atoms with Gasteiger partial charge in [0.05, 0.1) is 29.8 Å². The average Bonchev–Trinajstić information content (AvgIpc) is 2.62. The molecule has 2 rings (SSSR count). The van der Waals surface area contributed by atoms with Gasteiger partial charge in [0.1, 0.15) is 0 Å². The molecule has 0 spiro atoms. The third-order valence-corrected chi connectivity index (χ3v) is 5.62. The van der Waals surface area contributed by atoms with Gasteiger partial charge in [-0.05, 0) is 64.5 Å². The van der Waals surface area contributed by atoms with Gasteiger partial charge in [0, 0.05) is 10.9 Å². The lowest BCUT2D eigenvalue weighted by atomic mass is 9.93. The van der Waals surface area contributed by atoms with E-state index in [0.29, 0.717) is 38.0 Å². The number of halogens is 3. The molecule has 0 aliphatic rings. The second kappa shape index (κ2) is 10.9. The highest BCUT2D eigenvalue weighted by atomic mass is 79.9. The number of aryl methyl sites for hydroxylation is 1. The summed E-state index contributed by atoms with van der Waals surface area (Å²) in [6.45, 7) is 2.07. The molecule has 0 aromatic heterocycles. The van der Waals surface area contributed by atoms with Crippen LogP contribution in [0.5, 0.6) is 11.5 Å². The van der Waals surface area contributed by atoms with Gasteiger partial charge in [0.15, 0.2) is 17.3 Å². The van der Waals surface area contributed by atoms with Crippen molar-refractivity contribution in [3.05, 3.63) is 56.0 Å². The van der Waals surface area contributed by atoms with Crippen molar-refractivity contribution in [1.82, 2.24) is 0 Å². The van der Waals surface area contributed by atoms with Crippen molar-refractivity contribution < 1.29 is 14.3 Å². The lowest BCUT2D eigenvalue weighted by Gasteiger charge is -2.16. The number of hydrogen-bond donors (Lipinski definition) is 0. The first-order valence-electron chi connectivity index (χ1n) is 8.25. The Hall–Kier alpha value is -1.23. The van der Waals surface area contributed by atoms with Crippen molar-refractivity contribution in [2.75, 3.05) is 14.2 Å². The van der Waals surface area contributed by atoms with Gasteiger partial charge in [0.25, 0.3) is 0 Å². The molecule has 0 aliphatic carbocycles. The minimum Gasteiger partial charge on any atom is -0.493 e. The molecule has 0 saturated carbocycles. The summed E-state index contributed by atoms with van der Waals surface area (Å²) in [5.41, 5.74) is 1.63. The summed E-state index contributed by atoms with van der Waals surface area (Å²) >= 11 is 15.4. The summed E-state index contributed by atoms with van der Waals surface area (Å²) < 4.78 is 11.4. The van der Waals surface area contributed by atoms with Gasteiger partial charge in [0.2, 0.25) is 0 Å². The molecule has 27 heavy (non-hydrogen) atoms. The zero-order valence-corrected chi connectivity index (χ0v) is 18.0. The summed E-state index contributed by atoms with van der Waals surface area (Å²) in [4.78, 5) is 12.8. The van der Waals surface area contributed by atoms with Gasteiger partial charge in [-0.3, -0.25) is 4.79 Å². The number of ketones is 1. The van der Waals surface area contributed by atoms with Gasteiger partial charge in [-0.1, -0.05) is 43.6 Å². The standard InChI is InChI=1S/C20H21BrCl2O3.CH4/c1-12(4-5-13-6-8-15(22)16(23)11-13)10-17(24)19-14(21)7-9-18(25-2)20(19)26-3;/h6-9,11-12H,4-5,10H2,1-3H3;1H4/t12-;/m1./s1. The molecule has 0 saturated heterocycles. The van der Waals surface area contributed by atoms with E-state index in [1.54, 1.807) is 25.3 Å². The smallest absolute Gasteiger partial charge is 0.172 e. The molecule has 2 aromatic carbocycles. The van der Waals surface area contributed by atoms with Crippen molar-refractivity contribution in [3.8, 4) is 11.5 Å². The molecule has 3 nitrogen and oxygen atoms in total. The fraction of sp³-hybridized carbons (Fsp3) is 0.381. The van der Waals surface area contributed by atoms with Crippen LogP contribution in [0.3, 0.4) is 0 Å². The summed E-state index contributed by atoms with van der Waals surface area (Å²) in [6, 6.07) is 9.21. The maximum Gasteiger partial charge on any atom is 0.172 e. The van der Waals surface area contributed by atoms with Crippen LogP contribution in [-0.4, -0.2) is 20.0 Å². The van der Waals surface area contributed by atoms with Gasteiger partial charge >= 0.3 is 0 Å². The first-order chi connectivity index (χ1) is 12.4. The van der Waals surface area contributed by atoms with E-state index in [0.717, 1.165) is 18.4 Å². The van der Waals surface area contributed by atoms with Gasteiger partial charge in [-0.25, -0.2) is 0 Å². The van der Waals surface area contributed by atoms with Crippen molar-refractivity contribution in [1.29, 1.82) is 0 Å². The Balaban J connectivity index is 0.00000364. The zero-order chi connectivity index (χ0) is 19.3. The summed E-state index contributed by atoms with van der Waals surface area (Å²) in [6.07, 6.45) is 2.12. The minimum absolute atomic E-state index is 0. The predicted molar refractivity (Wildman–Crippen MR) is 117 cm³/mol. The van der Waals surface area contributed by atoms with Crippen LogP contribution < -0.4 is 9.47 Å². The van der Waals surface area contributed by atoms with Crippen LogP contribution in [0.15, 0.2) is 34.8 Å². The van der Waals surface area contributed by atoms with Crippen LogP contribution in [0.4, 0.5) is 0 Å². The van der Waals surface area contributed by atoms with E-state index in [-0.39, 0.29) is 19.1 Å². The summed E-state index contributed by atoms with van der Waals surface area (Å²) in [5, 5.41) is 1.10. The monoisotopic (exact) mass is 474 g/mol. The topological polar surface area (TPSA) is 35.5 Å². The highest BCUT2D eigenvalue weighted by Crippen LogP contribution is 2.37. The lowest BCUT2D eigenvalue weighted by molar-refractivity contribution is 0.0958. The third-order valence-electron chi connectivity index (χ3n) is 4.22. The molecule has 148 valence electrons. The fourth-order valence-corrected chi connectivity index (χ4v) is 3.65. The zero-order valence-electron chi connectivity index (χ0n) is 14.9. The van der Waals surface area contributed by atoms with Gasteiger partial charge < -0.3 is 9.47 Å². The maximum absolute atomic E-state index is 12.8. The number of methoxy groups -OCH3 is 2. The van der Waals surface area contributed by atoms with E-state index < -0.39 is 0 Å². The van der Waals surface area contributed by atoms with Gasteiger partial charge in [-0.2, -0.15) is 0 Å². The molecule has 0 bridgehead atoms. The van der Waals surface area contributed by atoms with Crippen molar-refractivity contribution in [3.63, 3.8) is 0 Å². The van der Waals surface area contributed by atoms with E-state index in [2.05, 4.69) is 22.9 Å². The molecule has 0 N–H and O–H groups in total. The fourth-order valence-electron chi connectivity index (χ4n) is 2.79. The Morgan fingerprint density at radius 3 is 2.41 bits per heavy atom. The normalized spacial score (nSPS) is 11.5. The van der Waals surface area contributed by atoms with Crippen LogP contribution in [-0.2, 0) is 6.42 Å². The molecule has 0 amide bonds. The SMILES string of the molecule is C.COc1ccc(Br)c(C(=O)C[C@H](C)CCc2ccc(Cl)c(Cl)c2)c1OC. The molecule has 2 aromatic rings. The summed E-state index contributed by atoms with van der Waals surface area (Å²) in [7, 11) is 3.09. The second-order valence-corrected chi connectivity index (χ2v) is 7.85. The largest absolute Gasteiger partial charge is 0.493 e. The Kier molecular flexibility index (Phi) is 9.65. The molecule has 0 aliphatic heterocycles. The maximum atomic E-state index is 12.8. The van der Waals surface area contributed by atoms with Crippen LogP contribution in [0.2, 0.25) is 10.0 Å². The molecule has 0 unspecified atom stereocenters. The molecule has 6 heteroatoms. The molecule has 0 radical (unpaired) electrons. The van der Waals surface area contributed by atoms with Crippen LogP contribution in [0.1, 0.15) is 43.1 Å². The first kappa shape index (κ1) is 23.8. The number of benzene rings is 2. The highest BCUT2D eigenvalue weighted by molar-refractivity contribution is 9.10. The van der Waals surface area contributed by atoms with Gasteiger partial charge in [-0.15, -0.1) is 0 Å². The molecule has 0 fully saturated rings. The minimum atomic E-state index is 0. The molecule has 1 atom stereocenters. The highest BCUT2D eigenvalue weighted by Gasteiger charge is 2.22. The molecular weight excluding hydrogens is 451 g/mol. The Bertz CT molecular complexity index is 793. The number of carbonyl (C=O) groups excluding carboxylic acids is 1. The predicted octanol–water partition coefficient (Wildman–Crippen LogP) is 7.25. The summed E-state index contributed by atoms with van der Waals surface area (Å²) in [5.74, 6) is 1.24. The number of carbonyl (C=O) groups is 1. The van der Waals surface area contributed by atoms with E-state index in [1.807, 2.05) is 12.1 Å². The molecule has 0 heterocycles. The quantitative estimate of drug-likeness (QED) is 0.377. The van der Waals surface area contributed by atoms with E-state index in [1.165, 1.54) is 7.11 Å². The number of rotatable bonds is 8. The van der Waals surface area contributed by atoms with E-state index >= 15 is 0 Å². The number of hydrogen-bond acceptors (Lipinski definition) is 3. The first-order valence-corrected chi connectivity index (χ1v) is 9.79. The van der Waals surface area contributed by atoms with Crippen LogP contribution in [0.25, 0.3) is 0 Å². The van der Waals surface area contributed by atoms with Crippen molar-refractivity contribution >= 4 is 44.9 Å². The Labute approximate surface area is 180 Å². The Morgan fingerprint density at radius 2 is 1.81 bits per heavy atom. The van der Waals surface area contributed by atoms with E-state index in [4.69, 9.17) is 32.7 Å². The van der Waals surface area contributed by atoms with Crippen LogP contribution >= 0.6 is 39.1 Å². The van der Waals surface area contributed by atoms with E-state index in [9.17, 15) is 4.79 Å². The van der Waals surface area contributed by atoms with Crippen LogP contribution in [0, 0.1) is 5.92 Å². The van der Waals surface area contributed by atoms with Crippen molar-refractivity contribution in [2.24, 2.45) is 5.92 Å². The third kappa shape index (κ3) is 6.13. The number of ether oxygens (including phenoxy) is 2. The Morgan fingerprint density at radius 1 is 1.11 bits per heavy atom. The van der Waals surface area contributed by atoms with Crippen molar-refractivity contribution in [2.45, 2.75) is 33.6 Å². The molecular formula is C21H25BrCl2O3. The number of Topliss-reactive ketones (excluding diaryl/α,β-unsaturated/α-hetero) is 1.